The molecule has 0 fully saturated rings. The van der Waals surface area contributed by atoms with Crippen molar-refractivity contribution in [3.8, 4) is 17.2 Å². The number of hydrogen-bond donors (Lipinski definition) is 1. The number of carboxylic acids is 1. The number of fused-ring (bicyclic) bond motifs is 1. The lowest BCUT2D eigenvalue weighted by Gasteiger charge is -2.13. The molecule has 0 aliphatic rings. The molecular weight excluding hydrogens is 420 g/mol. The Balaban J connectivity index is 2.20. The third-order valence-electron chi connectivity index (χ3n) is 4.69. The number of aliphatic carboxylic acids is 1. The highest BCUT2D eigenvalue weighted by Gasteiger charge is 2.22. The summed E-state index contributed by atoms with van der Waals surface area (Å²) in [7, 11) is 2.99. The van der Waals surface area contributed by atoms with Gasteiger partial charge in [-0.2, -0.15) is 4.99 Å². The molecule has 0 aliphatic heterocycles. The Bertz CT molecular complexity index is 1160. The molecular formula is C22H24N2O6S. The number of carboxylic acid groups (broad SMARTS) is 1. The first-order valence-corrected chi connectivity index (χ1v) is 10.6. The normalized spacial score (nSPS) is 12.6. The molecule has 3 aromatic rings. The van der Waals surface area contributed by atoms with Crippen LogP contribution in [0.25, 0.3) is 10.2 Å². The highest BCUT2D eigenvalue weighted by molar-refractivity contribution is 7.16. The number of thiazole rings is 1. The number of amides is 1. The zero-order chi connectivity index (χ0) is 22.5. The highest BCUT2D eigenvalue weighted by Crippen LogP contribution is 2.27. The smallest absolute Gasteiger partial charge is 0.326 e. The predicted octanol–water partition coefficient (Wildman–Crippen LogP) is 3.90. The van der Waals surface area contributed by atoms with E-state index >= 15 is 0 Å². The summed E-state index contributed by atoms with van der Waals surface area (Å²) in [6, 6.07) is 9.32. The Hall–Kier alpha value is -3.33. The molecule has 164 valence electrons. The van der Waals surface area contributed by atoms with Crippen LogP contribution in [0.1, 0.15) is 36.7 Å². The molecule has 2 aromatic carbocycles. The zero-order valence-corrected chi connectivity index (χ0v) is 18.6. The summed E-state index contributed by atoms with van der Waals surface area (Å²) in [5.74, 6) is 0.0684. The third kappa shape index (κ3) is 4.72. The second kappa shape index (κ2) is 9.65. The second-order valence-electron chi connectivity index (χ2n) is 6.60. The Morgan fingerprint density at radius 1 is 1.06 bits per heavy atom. The van der Waals surface area contributed by atoms with Crippen molar-refractivity contribution in [3.05, 3.63) is 46.8 Å². The van der Waals surface area contributed by atoms with Gasteiger partial charge in [-0.3, -0.25) is 4.79 Å². The Morgan fingerprint density at radius 2 is 1.74 bits per heavy atom. The number of carbonyl (C=O) groups is 2. The van der Waals surface area contributed by atoms with Crippen LogP contribution in [0.15, 0.2) is 41.4 Å². The van der Waals surface area contributed by atoms with Crippen molar-refractivity contribution in [2.24, 2.45) is 4.99 Å². The summed E-state index contributed by atoms with van der Waals surface area (Å²) >= 11 is 1.24. The van der Waals surface area contributed by atoms with E-state index in [1.165, 1.54) is 25.6 Å². The Kier molecular flexibility index (Phi) is 6.96. The maximum absolute atomic E-state index is 13.0. The largest absolute Gasteiger partial charge is 0.497 e. The van der Waals surface area contributed by atoms with Gasteiger partial charge in [0.2, 0.25) is 0 Å². The lowest BCUT2D eigenvalue weighted by molar-refractivity contribution is -0.140. The molecule has 1 aromatic heterocycles. The number of benzene rings is 2. The topological polar surface area (TPSA) is 99.4 Å². The quantitative estimate of drug-likeness (QED) is 0.566. The van der Waals surface area contributed by atoms with E-state index in [1.54, 1.807) is 41.8 Å². The average molecular weight is 445 g/mol. The number of ether oxygens (including phenoxy) is 3. The first kappa shape index (κ1) is 22.4. The minimum absolute atomic E-state index is 0.276. The van der Waals surface area contributed by atoms with Gasteiger partial charge in [0.15, 0.2) is 4.80 Å². The maximum atomic E-state index is 13.0. The van der Waals surface area contributed by atoms with Gasteiger partial charge < -0.3 is 23.9 Å². The lowest BCUT2D eigenvalue weighted by Crippen LogP contribution is -2.27. The van der Waals surface area contributed by atoms with E-state index in [0.29, 0.717) is 40.6 Å². The van der Waals surface area contributed by atoms with Crippen molar-refractivity contribution < 1.29 is 28.9 Å². The van der Waals surface area contributed by atoms with Crippen LogP contribution in [-0.2, 0) is 4.79 Å². The van der Waals surface area contributed by atoms with Crippen molar-refractivity contribution >= 4 is 33.4 Å². The van der Waals surface area contributed by atoms with Crippen molar-refractivity contribution in [2.45, 2.75) is 26.3 Å². The molecule has 1 amide bonds. The van der Waals surface area contributed by atoms with Crippen molar-refractivity contribution in [1.82, 2.24) is 4.57 Å². The van der Waals surface area contributed by atoms with Crippen molar-refractivity contribution in [2.75, 3.05) is 20.8 Å². The summed E-state index contributed by atoms with van der Waals surface area (Å²) in [6.07, 6.45) is 0.336. The number of methoxy groups -OCH3 is 2. The van der Waals surface area contributed by atoms with E-state index < -0.39 is 17.9 Å². The number of hydrogen-bond acceptors (Lipinski definition) is 6. The van der Waals surface area contributed by atoms with Crippen molar-refractivity contribution in [1.29, 1.82) is 0 Å². The average Bonchev–Trinajstić information content (AvgIpc) is 3.10. The van der Waals surface area contributed by atoms with Crippen molar-refractivity contribution in [3.63, 3.8) is 0 Å². The van der Waals surface area contributed by atoms with Gasteiger partial charge in [-0.15, -0.1) is 0 Å². The fraction of sp³-hybridized carbons (Fsp3) is 0.318. The van der Waals surface area contributed by atoms with E-state index in [2.05, 4.69) is 4.99 Å². The fourth-order valence-electron chi connectivity index (χ4n) is 3.21. The van der Waals surface area contributed by atoms with Crippen LogP contribution in [-0.4, -0.2) is 42.4 Å². The number of nitrogens with zero attached hydrogens (tertiary/aromatic N) is 2. The molecule has 1 heterocycles. The van der Waals surface area contributed by atoms with Crippen LogP contribution in [0.5, 0.6) is 17.2 Å². The minimum Gasteiger partial charge on any atom is -0.497 e. The van der Waals surface area contributed by atoms with E-state index in [-0.39, 0.29) is 5.56 Å². The molecule has 1 N–H and O–H groups in total. The summed E-state index contributed by atoms with van der Waals surface area (Å²) in [5, 5.41) is 9.75. The monoisotopic (exact) mass is 444 g/mol. The standard InChI is InChI=1S/C22H24N2O6S/c1-5-17(21(26)27)24-18-8-7-14(30-6-2)12-19(18)31-22(24)23-20(25)13-9-15(28-3)11-16(10-13)29-4/h7-12,17H,5-6H2,1-4H3,(H,26,27). The Morgan fingerprint density at radius 3 is 2.29 bits per heavy atom. The Labute approximate surface area is 183 Å². The second-order valence-corrected chi connectivity index (χ2v) is 7.61. The maximum Gasteiger partial charge on any atom is 0.326 e. The molecule has 9 heteroatoms. The van der Waals surface area contributed by atoms with Gasteiger partial charge in [-0.05, 0) is 43.7 Å². The first-order valence-electron chi connectivity index (χ1n) is 9.74. The lowest BCUT2D eigenvalue weighted by atomic mass is 10.2. The van der Waals surface area contributed by atoms with Gasteiger partial charge >= 0.3 is 5.97 Å². The molecule has 0 bridgehead atoms. The predicted molar refractivity (Wildman–Crippen MR) is 117 cm³/mol. The van der Waals surface area contributed by atoms with Gasteiger partial charge in [-0.25, -0.2) is 4.79 Å². The SMILES string of the molecule is CCOc1ccc2c(c1)sc(=NC(=O)c1cc(OC)cc(OC)c1)n2C(CC)C(=O)O. The third-order valence-corrected chi connectivity index (χ3v) is 5.71. The number of carbonyl (C=O) groups excluding carboxylic acids is 1. The van der Waals surface area contributed by atoms with Crippen LogP contribution >= 0.6 is 11.3 Å². The summed E-state index contributed by atoms with van der Waals surface area (Å²) in [5.41, 5.74) is 0.955. The number of rotatable bonds is 8. The van der Waals surface area contributed by atoms with Crippen LogP contribution in [0.3, 0.4) is 0 Å². The van der Waals surface area contributed by atoms with E-state index in [0.717, 1.165) is 4.70 Å². The fourth-order valence-corrected chi connectivity index (χ4v) is 4.31. The molecule has 1 atom stereocenters. The minimum atomic E-state index is -0.993. The molecule has 8 nitrogen and oxygen atoms in total. The van der Waals surface area contributed by atoms with Crippen LogP contribution in [0.4, 0.5) is 0 Å². The molecule has 3 rings (SSSR count). The van der Waals surface area contributed by atoms with E-state index in [4.69, 9.17) is 14.2 Å². The molecule has 31 heavy (non-hydrogen) atoms. The first-order chi connectivity index (χ1) is 14.9. The van der Waals surface area contributed by atoms with Gasteiger partial charge in [-0.1, -0.05) is 18.3 Å². The van der Waals surface area contributed by atoms with Gasteiger partial charge in [0, 0.05) is 11.6 Å². The summed E-state index contributed by atoms with van der Waals surface area (Å²) in [4.78, 5) is 29.5. The van der Waals surface area contributed by atoms with E-state index in [1.807, 2.05) is 13.0 Å². The van der Waals surface area contributed by atoms with Gasteiger partial charge in [0.1, 0.15) is 23.3 Å². The van der Waals surface area contributed by atoms with Crippen LogP contribution in [0, 0.1) is 0 Å². The summed E-state index contributed by atoms with van der Waals surface area (Å²) in [6.45, 7) is 4.18. The highest BCUT2D eigenvalue weighted by atomic mass is 32.1. The molecule has 0 saturated heterocycles. The summed E-state index contributed by atoms with van der Waals surface area (Å²) < 4.78 is 18.4. The molecule has 0 spiro atoms. The van der Waals surface area contributed by atoms with Crippen LogP contribution in [0.2, 0.25) is 0 Å². The zero-order valence-electron chi connectivity index (χ0n) is 17.7. The number of aromatic nitrogens is 1. The molecule has 0 aliphatic carbocycles. The van der Waals surface area contributed by atoms with Gasteiger partial charge in [0.25, 0.3) is 5.91 Å². The molecule has 1 unspecified atom stereocenters. The van der Waals surface area contributed by atoms with Gasteiger partial charge in [0.05, 0.1) is 31.0 Å². The molecule has 0 saturated carbocycles. The van der Waals surface area contributed by atoms with E-state index in [9.17, 15) is 14.7 Å². The molecule has 0 radical (unpaired) electrons. The van der Waals surface area contributed by atoms with Crippen LogP contribution < -0.4 is 19.0 Å².